The van der Waals surface area contributed by atoms with Gasteiger partial charge >= 0.3 is 5.97 Å². The van der Waals surface area contributed by atoms with Crippen molar-refractivity contribution in [2.24, 2.45) is 41.4 Å². The first kappa shape index (κ1) is 35.9. The summed E-state index contributed by atoms with van der Waals surface area (Å²) in [5.74, 6) is 2.06. The molecule has 2 amide bonds. The van der Waals surface area contributed by atoms with E-state index in [-0.39, 0.29) is 37.1 Å². The highest BCUT2D eigenvalue weighted by molar-refractivity contribution is 7.45. The highest BCUT2D eigenvalue weighted by Gasteiger charge is 2.38. The van der Waals surface area contributed by atoms with Gasteiger partial charge < -0.3 is 24.4 Å². The van der Waals surface area contributed by atoms with Crippen molar-refractivity contribution in [3.63, 3.8) is 0 Å². The van der Waals surface area contributed by atoms with Gasteiger partial charge in [0.2, 0.25) is 11.8 Å². The monoisotopic (exact) mass is 599 g/mol. The first-order valence-corrected chi connectivity index (χ1v) is 17.0. The molecule has 0 bridgehead atoms. The summed E-state index contributed by atoms with van der Waals surface area (Å²) in [4.78, 5) is 37.3. The fourth-order valence-corrected chi connectivity index (χ4v) is 7.72. The molecule has 2 rings (SSSR count). The Morgan fingerprint density at radius 1 is 0.780 bits per heavy atom. The van der Waals surface area contributed by atoms with Crippen LogP contribution in [0.4, 0.5) is 0 Å². The number of carbonyl (C=O) groups excluding carboxylic acids is 3. The average Bonchev–Trinajstić information content (AvgIpc) is 2.89. The quantitative estimate of drug-likeness (QED) is 0.166. The van der Waals surface area contributed by atoms with Gasteiger partial charge in [0.25, 0.3) is 8.53 Å². The number of ether oxygens (including phenoxy) is 1. The van der Waals surface area contributed by atoms with Crippen LogP contribution in [-0.4, -0.2) is 56.2 Å². The minimum Gasteiger partial charge on any atom is -0.467 e. The van der Waals surface area contributed by atoms with Gasteiger partial charge in [0, 0.05) is 0 Å². The van der Waals surface area contributed by atoms with Crippen LogP contribution in [0.2, 0.25) is 0 Å². The second-order valence-corrected chi connectivity index (χ2v) is 14.8. The molecule has 2 aliphatic carbocycles. The van der Waals surface area contributed by atoms with Gasteiger partial charge in [-0.15, -0.1) is 0 Å². The van der Waals surface area contributed by atoms with E-state index in [4.69, 9.17) is 13.8 Å². The maximum Gasteiger partial charge on any atom is 0.328 e. The van der Waals surface area contributed by atoms with Crippen LogP contribution < -0.4 is 15.7 Å². The molecule has 238 valence electrons. The first-order valence-electron chi connectivity index (χ1n) is 15.8. The molecule has 0 aromatic rings. The van der Waals surface area contributed by atoms with Crippen LogP contribution in [0.1, 0.15) is 100 Å². The van der Waals surface area contributed by atoms with Crippen LogP contribution in [-0.2, 0) is 28.2 Å². The number of hydrogen-bond donors (Lipinski definition) is 3. The van der Waals surface area contributed by atoms with Crippen molar-refractivity contribution in [3.05, 3.63) is 0 Å². The minimum atomic E-state index is -1.51. The van der Waals surface area contributed by atoms with E-state index >= 15 is 0 Å². The normalized spacial score (nSPS) is 27.7. The molecule has 0 saturated heterocycles. The predicted molar refractivity (Wildman–Crippen MR) is 164 cm³/mol. The summed E-state index contributed by atoms with van der Waals surface area (Å²) in [6, 6.07) is -0.740. The van der Waals surface area contributed by atoms with E-state index in [2.05, 4.69) is 57.3 Å². The number of amides is 2. The van der Waals surface area contributed by atoms with Gasteiger partial charge in [0.1, 0.15) is 6.04 Å². The van der Waals surface area contributed by atoms with Crippen molar-refractivity contribution in [1.29, 1.82) is 0 Å². The molecule has 10 heteroatoms. The van der Waals surface area contributed by atoms with Gasteiger partial charge in [0.05, 0.1) is 32.4 Å². The van der Waals surface area contributed by atoms with E-state index in [0.717, 1.165) is 25.7 Å². The zero-order chi connectivity index (χ0) is 30.7. The molecular formula is C31H58N3O6P. The summed E-state index contributed by atoms with van der Waals surface area (Å²) >= 11 is 0. The third kappa shape index (κ3) is 12.5. The Morgan fingerprint density at radius 3 is 1.73 bits per heavy atom. The highest BCUT2D eigenvalue weighted by atomic mass is 31.2. The number of esters is 1. The van der Waals surface area contributed by atoms with Gasteiger partial charge in [0.15, 0.2) is 0 Å². The third-order valence-corrected chi connectivity index (χ3v) is 10.1. The molecule has 0 radical (unpaired) electrons. The predicted octanol–water partition coefficient (Wildman–Crippen LogP) is 5.58. The zero-order valence-electron chi connectivity index (χ0n) is 27.0. The van der Waals surface area contributed by atoms with Crippen molar-refractivity contribution < 1.29 is 28.2 Å². The molecule has 0 unspecified atom stereocenters. The Balaban J connectivity index is 2.03. The Kier molecular flexibility index (Phi) is 15.5. The Labute approximate surface area is 250 Å². The highest BCUT2D eigenvalue weighted by Crippen LogP contribution is 2.48. The third-order valence-electron chi connectivity index (χ3n) is 8.73. The lowest BCUT2D eigenvalue weighted by Gasteiger charge is -2.41. The summed E-state index contributed by atoms with van der Waals surface area (Å²) in [7, 11) is -0.215. The SMILES string of the molecule is COC(=O)[C@H](CC(C)C)NC(=O)CNC(=O)CNP(O[C@@H]1C[C@H](C)CC[C@H]1C(C)C)O[C@@H]1C[C@H](C)CC[C@H]1C(C)C. The van der Waals surface area contributed by atoms with Gasteiger partial charge in [-0.05, 0) is 73.5 Å². The molecule has 3 N–H and O–H groups in total. The second-order valence-electron chi connectivity index (χ2n) is 13.6. The summed E-state index contributed by atoms with van der Waals surface area (Å²) < 4.78 is 18.3. The summed E-state index contributed by atoms with van der Waals surface area (Å²) in [6.45, 7) is 17.3. The van der Waals surface area contributed by atoms with Crippen LogP contribution in [0, 0.1) is 41.4 Å². The van der Waals surface area contributed by atoms with Crippen molar-refractivity contribution in [2.45, 2.75) is 119 Å². The molecule has 0 aromatic heterocycles. The number of rotatable bonds is 15. The van der Waals surface area contributed by atoms with E-state index in [1.807, 2.05) is 13.8 Å². The molecule has 7 atom stereocenters. The smallest absolute Gasteiger partial charge is 0.328 e. The lowest BCUT2D eigenvalue weighted by molar-refractivity contribution is -0.145. The van der Waals surface area contributed by atoms with Crippen LogP contribution in [0.15, 0.2) is 0 Å². The van der Waals surface area contributed by atoms with Crippen LogP contribution in [0.25, 0.3) is 0 Å². The van der Waals surface area contributed by atoms with Gasteiger partial charge in [-0.3, -0.25) is 9.59 Å². The molecule has 9 nitrogen and oxygen atoms in total. The van der Waals surface area contributed by atoms with Crippen molar-refractivity contribution in [1.82, 2.24) is 15.7 Å². The van der Waals surface area contributed by atoms with E-state index in [9.17, 15) is 14.4 Å². The van der Waals surface area contributed by atoms with E-state index in [0.29, 0.717) is 41.9 Å². The summed E-state index contributed by atoms with van der Waals surface area (Å²) in [5, 5.41) is 8.62. The first-order chi connectivity index (χ1) is 19.3. The lowest BCUT2D eigenvalue weighted by atomic mass is 9.75. The average molecular weight is 600 g/mol. The molecule has 0 spiro atoms. The molecule has 0 aromatic carbocycles. The number of methoxy groups -OCH3 is 1. The Bertz CT molecular complexity index is 792. The van der Waals surface area contributed by atoms with E-state index in [1.165, 1.54) is 20.0 Å². The number of nitrogens with one attached hydrogen (secondary N) is 3. The maximum absolute atomic E-state index is 12.8. The molecule has 0 heterocycles. The molecule has 0 aliphatic heterocycles. The van der Waals surface area contributed by atoms with Gasteiger partial charge in [-0.2, -0.15) is 0 Å². The van der Waals surface area contributed by atoms with Gasteiger partial charge in [-0.1, -0.05) is 68.2 Å². The second kappa shape index (κ2) is 17.7. The van der Waals surface area contributed by atoms with Gasteiger partial charge in [-0.25, -0.2) is 9.88 Å². The van der Waals surface area contributed by atoms with Crippen LogP contribution in [0.5, 0.6) is 0 Å². The maximum atomic E-state index is 12.8. The molecule has 2 fully saturated rings. The van der Waals surface area contributed by atoms with E-state index in [1.54, 1.807) is 0 Å². The van der Waals surface area contributed by atoms with Crippen molar-refractivity contribution in [2.75, 3.05) is 20.2 Å². The van der Waals surface area contributed by atoms with Crippen LogP contribution in [0.3, 0.4) is 0 Å². The fourth-order valence-electron chi connectivity index (χ4n) is 6.27. The zero-order valence-corrected chi connectivity index (χ0v) is 27.9. The van der Waals surface area contributed by atoms with E-state index < -0.39 is 26.4 Å². The number of hydrogen-bond acceptors (Lipinski definition) is 7. The molecule has 41 heavy (non-hydrogen) atoms. The molecular weight excluding hydrogens is 541 g/mol. The van der Waals surface area contributed by atoms with Crippen LogP contribution >= 0.6 is 8.53 Å². The topological polar surface area (TPSA) is 115 Å². The number of carbonyl (C=O) groups is 3. The van der Waals surface area contributed by atoms with Crippen molar-refractivity contribution >= 4 is 26.3 Å². The molecule has 2 saturated carbocycles. The van der Waals surface area contributed by atoms with Crippen molar-refractivity contribution in [3.8, 4) is 0 Å². The fraction of sp³-hybridized carbons (Fsp3) is 0.903. The largest absolute Gasteiger partial charge is 0.467 e. The Hall–Kier alpha value is -1.28. The standard InChI is InChI=1S/C31H58N3O6P/c1-19(2)14-26(31(37)38-9)34-30(36)17-32-29(35)18-33-41(39-27-15-22(7)10-12-24(27)20(3)4)40-28-16-23(8)11-13-25(28)21(5)6/h19-28,33H,10-18H2,1-9H3,(H,32,35)(H,34,36)/t22-,23-,24+,25+,26+,27-,28-/m1/s1. The summed E-state index contributed by atoms with van der Waals surface area (Å²) in [6.07, 6.45) is 7.31. The Morgan fingerprint density at radius 2 is 1.29 bits per heavy atom. The minimum absolute atomic E-state index is 0.0192. The summed E-state index contributed by atoms with van der Waals surface area (Å²) in [5.41, 5.74) is 0. The lowest BCUT2D eigenvalue weighted by Crippen LogP contribution is -2.47. The molecule has 2 aliphatic rings.